The van der Waals surface area contributed by atoms with Crippen LogP contribution in [-0.4, -0.2) is 42.4 Å². The van der Waals surface area contributed by atoms with Crippen LogP contribution >= 0.6 is 0 Å². The predicted molar refractivity (Wildman–Crippen MR) is 75.4 cm³/mol. The van der Waals surface area contributed by atoms with Gasteiger partial charge >= 0.3 is 0 Å². The first kappa shape index (κ1) is 13.1. The number of nitrogens with one attached hydrogen (secondary N) is 1. The van der Waals surface area contributed by atoms with Crippen LogP contribution < -0.4 is 11.1 Å². The van der Waals surface area contributed by atoms with Crippen LogP contribution in [0.3, 0.4) is 0 Å². The number of carbonyl (C=O) groups excluding carboxylic acids is 2. The summed E-state index contributed by atoms with van der Waals surface area (Å²) in [7, 11) is 0. The topological polar surface area (TPSA) is 75.4 Å². The van der Waals surface area contributed by atoms with Crippen LogP contribution in [0, 0.1) is 5.92 Å². The van der Waals surface area contributed by atoms with Gasteiger partial charge in [-0.1, -0.05) is 6.07 Å². The molecule has 2 atom stereocenters. The van der Waals surface area contributed by atoms with E-state index in [0.29, 0.717) is 23.1 Å². The summed E-state index contributed by atoms with van der Waals surface area (Å²) >= 11 is 0. The molecule has 0 saturated carbocycles. The standard InChI is InChI=1S/C15H19N3O2/c16-14(19)10-2-1-3-11(8-10)15(20)18-7-5-13-12(9-18)4-6-17-13/h1-3,8,12-13,17H,4-7,9H2,(H2,16,19). The molecule has 1 aromatic rings. The zero-order chi connectivity index (χ0) is 14.1. The van der Waals surface area contributed by atoms with Crippen LogP contribution in [0.15, 0.2) is 24.3 Å². The number of nitrogens with zero attached hydrogens (tertiary/aromatic N) is 1. The zero-order valence-corrected chi connectivity index (χ0v) is 11.3. The number of benzene rings is 1. The molecule has 0 aliphatic carbocycles. The fourth-order valence-electron chi connectivity index (χ4n) is 3.22. The van der Waals surface area contributed by atoms with Crippen molar-refractivity contribution in [3.05, 3.63) is 35.4 Å². The molecule has 2 amide bonds. The number of hydrogen-bond acceptors (Lipinski definition) is 3. The average Bonchev–Trinajstić information content (AvgIpc) is 2.94. The van der Waals surface area contributed by atoms with E-state index < -0.39 is 5.91 Å². The van der Waals surface area contributed by atoms with Gasteiger partial charge in [0.2, 0.25) is 5.91 Å². The van der Waals surface area contributed by atoms with Crippen molar-refractivity contribution in [3.8, 4) is 0 Å². The summed E-state index contributed by atoms with van der Waals surface area (Å²) in [6.07, 6.45) is 2.14. The van der Waals surface area contributed by atoms with Crippen molar-refractivity contribution in [2.45, 2.75) is 18.9 Å². The van der Waals surface area contributed by atoms with Gasteiger partial charge in [0.1, 0.15) is 0 Å². The lowest BCUT2D eigenvalue weighted by Crippen LogP contribution is -2.46. The summed E-state index contributed by atoms with van der Waals surface area (Å²) in [5.41, 5.74) is 6.19. The van der Waals surface area contributed by atoms with E-state index in [-0.39, 0.29) is 5.91 Å². The number of hydrogen-bond donors (Lipinski definition) is 2. The highest BCUT2D eigenvalue weighted by Crippen LogP contribution is 2.25. The van der Waals surface area contributed by atoms with Gasteiger partial charge in [0.15, 0.2) is 0 Å². The van der Waals surface area contributed by atoms with Crippen LogP contribution in [0.1, 0.15) is 33.6 Å². The Bertz CT molecular complexity index is 544. The summed E-state index contributed by atoms with van der Waals surface area (Å²) in [5.74, 6) is 0.0591. The van der Waals surface area contributed by atoms with E-state index in [9.17, 15) is 9.59 Å². The number of primary amides is 1. The number of piperidine rings is 1. The van der Waals surface area contributed by atoms with Gasteiger partial charge in [0, 0.05) is 30.3 Å². The van der Waals surface area contributed by atoms with Crippen LogP contribution in [0.5, 0.6) is 0 Å². The molecular formula is C15H19N3O2. The van der Waals surface area contributed by atoms with E-state index in [0.717, 1.165) is 32.5 Å². The minimum absolute atomic E-state index is 0.00144. The maximum Gasteiger partial charge on any atom is 0.253 e. The van der Waals surface area contributed by atoms with Crippen molar-refractivity contribution in [1.82, 2.24) is 10.2 Å². The van der Waals surface area contributed by atoms with Gasteiger partial charge in [-0.15, -0.1) is 0 Å². The molecule has 2 aliphatic heterocycles. The van der Waals surface area contributed by atoms with Gasteiger partial charge in [0.25, 0.3) is 5.91 Å². The number of fused-ring (bicyclic) bond motifs is 1. The fourth-order valence-corrected chi connectivity index (χ4v) is 3.22. The Kier molecular flexibility index (Phi) is 3.44. The predicted octanol–water partition coefficient (Wildman–Crippen LogP) is 0.610. The second-order valence-electron chi connectivity index (χ2n) is 5.59. The molecule has 2 unspecified atom stereocenters. The first-order valence-electron chi connectivity index (χ1n) is 7.07. The Morgan fingerprint density at radius 3 is 2.85 bits per heavy atom. The number of carbonyl (C=O) groups is 2. The van der Waals surface area contributed by atoms with Gasteiger partial charge in [-0.05, 0) is 43.5 Å². The van der Waals surface area contributed by atoms with Crippen LogP contribution in [0.2, 0.25) is 0 Å². The maximum absolute atomic E-state index is 12.5. The molecule has 1 aromatic carbocycles. The Morgan fingerprint density at radius 2 is 2.05 bits per heavy atom. The third-order valence-electron chi connectivity index (χ3n) is 4.34. The second-order valence-corrected chi connectivity index (χ2v) is 5.59. The third-order valence-corrected chi connectivity index (χ3v) is 4.34. The van der Waals surface area contributed by atoms with Crippen molar-refractivity contribution < 1.29 is 9.59 Å². The highest BCUT2D eigenvalue weighted by atomic mass is 16.2. The van der Waals surface area contributed by atoms with Gasteiger partial charge in [-0.3, -0.25) is 9.59 Å². The Hall–Kier alpha value is -1.88. The average molecular weight is 273 g/mol. The van der Waals surface area contributed by atoms with Crippen LogP contribution in [0.4, 0.5) is 0 Å². The van der Waals surface area contributed by atoms with Crippen molar-refractivity contribution in [1.29, 1.82) is 0 Å². The van der Waals surface area contributed by atoms with E-state index in [4.69, 9.17) is 5.73 Å². The monoisotopic (exact) mass is 273 g/mol. The summed E-state index contributed by atoms with van der Waals surface area (Å²) in [6, 6.07) is 7.23. The zero-order valence-electron chi connectivity index (χ0n) is 11.3. The SMILES string of the molecule is NC(=O)c1cccc(C(=O)N2CCC3NCCC3C2)c1. The van der Waals surface area contributed by atoms with Crippen LogP contribution in [-0.2, 0) is 0 Å². The number of rotatable bonds is 2. The molecular weight excluding hydrogens is 254 g/mol. The smallest absolute Gasteiger partial charge is 0.253 e. The summed E-state index contributed by atoms with van der Waals surface area (Å²) < 4.78 is 0. The molecule has 0 spiro atoms. The molecule has 2 fully saturated rings. The van der Waals surface area contributed by atoms with Gasteiger partial charge in [-0.2, -0.15) is 0 Å². The van der Waals surface area contributed by atoms with Gasteiger partial charge in [-0.25, -0.2) is 0 Å². The number of nitrogens with two attached hydrogens (primary N) is 1. The summed E-state index contributed by atoms with van der Waals surface area (Å²) in [6.45, 7) is 2.62. The maximum atomic E-state index is 12.5. The van der Waals surface area contributed by atoms with E-state index in [1.165, 1.54) is 0 Å². The number of likely N-dealkylation sites (tertiary alicyclic amines) is 1. The molecule has 0 radical (unpaired) electrons. The molecule has 2 aliphatic rings. The van der Waals surface area contributed by atoms with E-state index in [2.05, 4.69) is 5.32 Å². The molecule has 3 rings (SSSR count). The molecule has 2 heterocycles. The molecule has 3 N–H and O–H groups in total. The van der Waals surface area contributed by atoms with Crippen molar-refractivity contribution in [2.24, 2.45) is 11.7 Å². The highest BCUT2D eigenvalue weighted by molar-refractivity contribution is 5.99. The summed E-state index contributed by atoms with van der Waals surface area (Å²) in [5, 5.41) is 3.48. The van der Waals surface area contributed by atoms with Crippen LogP contribution in [0.25, 0.3) is 0 Å². The highest BCUT2D eigenvalue weighted by Gasteiger charge is 2.34. The van der Waals surface area contributed by atoms with Gasteiger partial charge < -0.3 is 16.0 Å². The lowest BCUT2D eigenvalue weighted by atomic mass is 9.93. The Balaban J connectivity index is 1.75. The molecule has 0 aromatic heterocycles. The Morgan fingerprint density at radius 1 is 1.25 bits per heavy atom. The van der Waals surface area contributed by atoms with E-state index in [1.54, 1.807) is 24.3 Å². The molecule has 106 valence electrons. The molecule has 2 saturated heterocycles. The third kappa shape index (κ3) is 2.41. The normalized spacial score (nSPS) is 25.3. The van der Waals surface area contributed by atoms with Crippen molar-refractivity contribution in [3.63, 3.8) is 0 Å². The number of amides is 2. The van der Waals surface area contributed by atoms with E-state index >= 15 is 0 Å². The summed E-state index contributed by atoms with van der Waals surface area (Å²) in [4.78, 5) is 25.6. The van der Waals surface area contributed by atoms with E-state index in [1.807, 2.05) is 4.90 Å². The Labute approximate surface area is 118 Å². The minimum atomic E-state index is -0.502. The van der Waals surface area contributed by atoms with Gasteiger partial charge in [0.05, 0.1) is 0 Å². The fraction of sp³-hybridized carbons (Fsp3) is 0.467. The first-order chi connectivity index (χ1) is 9.65. The molecule has 0 bridgehead atoms. The van der Waals surface area contributed by atoms with Crippen molar-refractivity contribution in [2.75, 3.05) is 19.6 Å². The molecule has 5 heteroatoms. The quantitative estimate of drug-likeness (QED) is 0.829. The lowest BCUT2D eigenvalue weighted by Gasteiger charge is -2.35. The molecule has 5 nitrogen and oxygen atoms in total. The lowest BCUT2D eigenvalue weighted by molar-refractivity contribution is 0.0662. The first-order valence-corrected chi connectivity index (χ1v) is 7.07. The minimum Gasteiger partial charge on any atom is -0.366 e. The second kappa shape index (κ2) is 5.25. The molecule has 20 heavy (non-hydrogen) atoms. The largest absolute Gasteiger partial charge is 0.366 e. The van der Waals surface area contributed by atoms with Crippen molar-refractivity contribution >= 4 is 11.8 Å².